The fourth-order valence-corrected chi connectivity index (χ4v) is 3.42. The quantitative estimate of drug-likeness (QED) is 0.645. The maximum atomic E-state index is 11.3. The molecule has 0 radical (unpaired) electrons. The second-order valence-corrected chi connectivity index (χ2v) is 8.64. The highest BCUT2D eigenvalue weighted by molar-refractivity contribution is 5.81. The lowest BCUT2D eigenvalue weighted by Gasteiger charge is -2.23. The minimum absolute atomic E-state index is 0.0937. The van der Waals surface area contributed by atoms with Gasteiger partial charge in [0.2, 0.25) is 0 Å². The van der Waals surface area contributed by atoms with E-state index in [1.165, 1.54) is 0 Å². The van der Waals surface area contributed by atoms with E-state index < -0.39 is 12.0 Å². The molecule has 0 fully saturated rings. The first kappa shape index (κ1) is 20.7. The number of anilines is 1. The highest BCUT2D eigenvalue weighted by Gasteiger charge is 2.20. The van der Waals surface area contributed by atoms with Crippen LogP contribution in [0.2, 0.25) is 0 Å². The number of carbonyl (C=O) groups excluding carboxylic acids is 1. The Labute approximate surface area is 181 Å². The summed E-state index contributed by atoms with van der Waals surface area (Å²) in [5, 5.41) is 3.38. The van der Waals surface area contributed by atoms with Gasteiger partial charge in [0.1, 0.15) is 30.3 Å². The summed E-state index contributed by atoms with van der Waals surface area (Å²) < 4.78 is 11.5. The lowest BCUT2D eigenvalue weighted by Crippen LogP contribution is -2.30. The molecule has 1 aromatic heterocycles. The first-order valence-electron chi connectivity index (χ1n) is 10.2. The first-order valence-corrected chi connectivity index (χ1v) is 10.2. The molecule has 2 aromatic carbocycles. The average molecular weight is 418 g/mol. The monoisotopic (exact) mass is 418 g/mol. The van der Waals surface area contributed by atoms with Crippen LogP contribution in [-0.2, 0) is 11.4 Å². The van der Waals surface area contributed by atoms with E-state index in [0.717, 1.165) is 33.8 Å². The van der Waals surface area contributed by atoms with Crippen molar-refractivity contribution in [2.24, 2.45) is 5.73 Å². The van der Waals surface area contributed by atoms with Crippen LogP contribution in [0.25, 0.3) is 22.4 Å². The molecule has 0 bridgehead atoms. The number of nitrogens with zero attached hydrogens (tertiary/aromatic N) is 2. The highest BCUT2D eigenvalue weighted by Crippen LogP contribution is 2.41. The summed E-state index contributed by atoms with van der Waals surface area (Å²) in [7, 11) is 0. The largest absolute Gasteiger partial charge is 0.488 e. The van der Waals surface area contributed by atoms with Crippen LogP contribution >= 0.6 is 0 Å². The van der Waals surface area contributed by atoms with E-state index in [2.05, 4.69) is 48.2 Å². The summed E-state index contributed by atoms with van der Waals surface area (Å²) in [6, 6.07) is 13.7. The third kappa shape index (κ3) is 4.60. The van der Waals surface area contributed by atoms with Gasteiger partial charge in [-0.1, -0.05) is 12.1 Å². The van der Waals surface area contributed by atoms with Gasteiger partial charge in [-0.15, -0.1) is 0 Å². The van der Waals surface area contributed by atoms with Crippen LogP contribution in [0.3, 0.4) is 0 Å². The van der Waals surface area contributed by atoms with E-state index in [0.29, 0.717) is 18.1 Å². The van der Waals surface area contributed by atoms with Gasteiger partial charge in [-0.2, -0.15) is 0 Å². The Hall–Kier alpha value is -3.61. The Balaban J connectivity index is 1.67. The van der Waals surface area contributed by atoms with Gasteiger partial charge < -0.3 is 20.5 Å². The number of benzene rings is 2. The fourth-order valence-electron chi connectivity index (χ4n) is 3.42. The molecule has 160 valence electrons. The number of primary amides is 1. The number of carbonyl (C=O) groups is 1. The van der Waals surface area contributed by atoms with Crippen molar-refractivity contribution in [3.63, 3.8) is 0 Å². The van der Waals surface area contributed by atoms with Crippen LogP contribution in [0.15, 0.2) is 48.8 Å². The van der Waals surface area contributed by atoms with Gasteiger partial charge in [0.05, 0.1) is 5.69 Å². The van der Waals surface area contributed by atoms with Gasteiger partial charge in [-0.05, 0) is 57.0 Å². The van der Waals surface area contributed by atoms with E-state index in [1.807, 2.05) is 24.3 Å². The number of ether oxygens (including phenoxy) is 2. The molecule has 7 nitrogen and oxygen atoms in total. The number of nitrogens with one attached hydrogen (secondary N) is 1. The van der Waals surface area contributed by atoms with Crippen molar-refractivity contribution in [1.82, 2.24) is 9.97 Å². The van der Waals surface area contributed by atoms with E-state index in [4.69, 9.17) is 15.2 Å². The summed E-state index contributed by atoms with van der Waals surface area (Å²) in [6.07, 6.45) is 0.859. The molecule has 1 aliphatic rings. The minimum Gasteiger partial charge on any atom is -0.488 e. The first-order chi connectivity index (χ1) is 14.7. The molecule has 3 aromatic rings. The summed E-state index contributed by atoms with van der Waals surface area (Å²) in [6.45, 7) is 8.35. The Morgan fingerprint density at radius 3 is 2.68 bits per heavy atom. The number of aromatic nitrogens is 2. The Kier molecular flexibility index (Phi) is 5.27. The smallest absolute Gasteiger partial charge is 0.258 e. The number of fused-ring (bicyclic) bond motifs is 3. The van der Waals surface area contributed by atoms with Crippen LogP contribution in [0.1, 0.15) is 33.3 Å². The van der Waals surface area contributed by atoms with Crippen molar-refractivity contribution >= 4 is 11.7 Å². The molecule has 0 unspecified atom stereocenters. The Morgan fingerprint density at radius 1 is 1.13 bits per heavy atom. The second-order valence-electron chi connectivity index (χ2n) is 8.64. The highest BCUT2D eigenvalue weighted by atomic mass is 16.5. The molecule has 4 rings (SSSR count). The van der Waals surface area contributed by atoms with Crippen LogP contribution in [0.5, 0.6) is 11.5 Å². The van der Waals surface area contributed by atoms with Crippen molar-refractivity contribution in [3.05, 3.63) is 54.4 Å². The van der Waals surface area contributed by atoms with Crippen LogP contribution in [0, 0.1) is 0 Å². The molecule has 0 spiro atoms. The molecule has 31 heavy (non-hydrogen) atoms. The molecule has 0 saturated heterocycles. The number of hydrogen-bond donors (Lipinski definition) is 2. The van der Waals surface area contributed by atoms with E-state index in [-0.39, 0.29) is 5.54 Å². The van der Waals surface area contributed by atoms with Crippen LogP contribution < -0.4 is 20.5 Å². The third-order valence-electron chi connectivity index (χ3n) is 4.92. The molecule has 1 atom stereocenters. The molecule has 7 heteroatoms. The van der Waals surface area contributed by atoms with Gasteiger partial charge in [0, 0.05) is 28.8 Å². The zero-order chi connectivity index (χ0) is 22.2. The van der Waals surface area contributed by atoms with Gasteiger partial charge in [-0.3, -0.25) is 4.79 Å². The molecule has 1 aliphatic heterocycles. The normalized spacial score (nSPS) is 13.4. The van der Waals surface area contributed by atoms with E-state index in [9.17, 15) is 4.79 Å². The summed E-state index contributed by atoms with van der Waals surface area (Å²) in [5.41, 5.74) is 10.2. The van der Waals surface area contributed by atoms with Crippen molar-refractivity contribution in [1.29, 1.82) is 0 Å². The van der Waals surface area contributed by atoms with Crippen molar-refractivity contribution in [2.45, 2.75) is 45.9 Å². The van der Waals surface area contributed by atoms with E-state index >= 15 is 0 Å². The molecule has 2 heterocycles. The van der Waals surface area contributed by atoms with Crippen LogP contribution in [-0.4, -0.2) is 27.5 Å². The number of nitrogens with two attached hydrogens (primary N) is 1. The minimum atomic E-state index is -0.714. The van der Waals surface area contributed by atoms with Gasteiger partial charge in [0.15, 0.2) is 6.10 Å². The number of amides is 1. The molecule has 0 saturated carbocycles. The van der Waals surface area contributed by atoms with Gasteiger partial charge in [0.25, 0.3) is 5.91 Å². The standard InChI is InChI=1S/C24H26N4O3/c1-14(23(25)29)31-17-7-8-18-19-9-15(5-6-16(19)12-30-21(18)10-17)20-11-22(27-13-26-20)28-24(2,3)4/h5-11,13-14H,12H2,1-4H3,(H2,25,29)(H,26,27,28)/t14-/m0/s1. The summed E-state index contributed by atoms with van der Waals surface area (Å²) in [4.78, 5) is 20.1. The maximum Gasteiger partial charge on any atom is 0.258 e. The molecule has 3 N–H and O–H groups in total. The maximum absolute atomic E-state index is 11.3. The molecular formula is C24H26N4O3. The third-order valence-corrected chi connectivity index (χ3v) is 4.92. The van der Waals surface area contributed by atoms with Gasteiger partial charge >= 0.3 is 0 Å². The SMILES string of the molecule is C[C@H](Oc1ccc2c(c1)OCc1ccc(-c3cc(NC(C)(C)C)ncn3)cc1-2)C(N)=O. The lowest BCUT2D eigenvalue weighted by molar-refractivity contribution is -0.123. The Morgan fingerprint density at radius 2 is 1.94 bits per heavy atom. The molecule has 1 amide bonds. The van der Waals surface area contributed by atoms with E-state index in [1.54, 1.807) is 19.3 Å². The summed E-state index contributed by atoms with van der Waals surface area (Å²) in [5.74, 6) is 1.51. The Bertz CT molecular complexity index is 1140. The van der Waals surface area contributed by atoms with Crippen molar-refractivity contribution in [2.75, 3.05) is 5.32 Å². The predicted molar refractivity (Wildman–Crippen MR) is 120 cm³/mol. The predicted octanol–water partition coefficient (Wildman–Crippen LogP) is 4.17. The number of rotatable bonds is 5. The zero-order valence-corrected chi connectivity index (χ0v) is 18.1. The second kappa shape index (κ2) is 7.91. The van der Waals surface area contributed by atoms with Gasteiger partial charge in [-0.25, -0.2) is 9.97 Å². The van der Waals surface area contributed by atoms with Crippen LogP contribution in [0.4, 0.5) is 5.82 Å². The van der Waals surface area contributed by atoms with Crippen molar-refractivity contribution in [3.8, 4) is 33.9 Å². The molecule has 0 aliphatic carbocycles. The summed E-state index contributed by atoms with van der Waals surface area (Å²) >= 11 is 0. The fraction of sp³-hybridized carbons (Fsp3) is 0.292. The van der Waals surface area contributed by atoms with Crippen molar-refractivity contribution < 1.29 is 14.3 Å². The topological polar surface area (TPSA) is 99.4 Å². The number of hydrogen-bond acceptors (Lipinski definition) is 6. The molecular weight excluding hydrogens is 392 g/mol. The zero-order valence-electron chi connectivity index (χ0n) is 18.1. The lowest BCUT2D eigenvalue weighted by atomic mass is 9.94. The average Bonchev–Trinajstić information content (AvgIpc) is 2.72.